The maximum Gasteiger partial charge on any atom is 0.416 e. The second-order valence-corrected chi connectivity index (χ2v) is 6.46. The molecule has 0 aliphatic heterocycles. The molecule has 2 N–H and O–H groups in total. The average Bonchev–Trinajstić information content (AvgIpc) is 3.25. The molecule has 2 amide bonds. The average molecular weight is 447 g/mol. The van der Waals surface area contributed by atoms with Gasteiger partial charge in [0.05, 0.1) is 22.5 Å². The van der Waals surface area contributed by atoms with Crippen molar-refractivity contribution in [1.82, 2.24) is 14.8 Å². The second-order valence-electron chi connectivity index (χ2n) is 6.46. The monoisotopic (exact) mass is 447 g/mol. The Kier molecular flexibility index (Phi) is 6.52. The van der Waals surface area contributed by atoms with Gasteiger partial charge in [0.15, 0.2) is 6.61 Å². The van der Waals surface area contributed by atoms with E-state index in [2.05, 4.69) is 20.7 Å². The Balaban J connectivity index is 1.72. The van der Waals surface area contributed by atoms with Crippen LogP contribution in [0.3, 0.4) is 0 Å². The number of anilines is 2. The minimum Gasteiger partial charge on any atom is -0.452 e. The number of benzene rings is 2. The van der Waals surface area contributed by atoms with Gasteiger partial charge in [-0.05, 0) is 36.4 Å². The highest BCUT2D eigenvalue weighted by Gasteiger charge is 2.31. The number of hydrogen-bond donors (Lipinski definition) is 2. The zero-order valence-corrected chi connectivity index (χ0v) is 16.5. The maximum atomic E-state index is 13.1. The number of ether oxygens (including phenoxy) is 1. The van der Waals surface area contributed by atoms with Crippen LogP contribution in [0.4, 0.5) is 24.5 Å². The Morgan fingerprint density at radius 3 is 2.53 bits per heavy atom. The third-order valence-electron chi connectivity index (χ3n) is 4.02. The molecule has 32 heavy (non-hydrogen) atoms. The van der Waals surface area contributed by atoms with Crippen molar-refractivity contribution in [2.75, 3.05) is 17.2 Å². The summed E-state index contributed by atoms with van der Waals surface area (Å²) in [5, 5.41) is 8.64. The minimum atomic E-state index is -4.63. The van der Waals surface area contributed by atoms with E-state index < -0.39 is 30.2 Å². The number of hydrogen-bond acceptors (Lipinski definition) is 6. The van der Waals surface area contributed by atoms with Crippen LogP contribution in [-0.2, 0) is 20.5 Å². The number of esters is 1. The van der Waals surface area contributed by atoms with E-state index in [1.165, 1.54) is 42.5 Å². The number of carbonyl (C=O) groups is 3. The fourth-order valence-electron chi connectivity index (χ4n) is 2.67. The molecule has 0 saturated carbocycles. The van der Waals surface area contributed by atoms with Crippen molar-refractivity contribution in [3.63, 3.8) is 0 Å². The molecule has 0 radical (unpaired) electrons. The molecule has 1 heterocycles. The van der Waals surface area contributed by atoms with Gasteiger partial charge in [-0.1, -0.05) is 6.07 Å². The molecule has 0 spiro atoms. The molecule has 12 heteroatoms. The number of aromatic nitrogens is 3. The zero-order valence-electron chi connectivity index (χ0n) is 16.5. The highest BCUT2D eigenvalue weighted by Crippen LogP contribution is 2.33. The van der Waals surface area contributed by atoms with Crippen molar-refractivity contribution in [2.45, 2.75) is 13.1 Å². The summed E-state index contributed by atoms with van der Waals surface area (Å²) in [6.07, 6.45) is -2.20. The molecule has 3 rings (SSSR count). The summed E-state index contributed by atoms with van der Waals surface area (Å²) in [7, 11) is 0. The Morgan fingerprint density at radius 2 is 1.88 bits per heavy atom. The predicted octanol–water partition coefficient (Wildman–Crippen LogP) is 3.04. The van der Waals surface area contributed by atoms with E-state index in [0.29, 0.717) is 5.69 Å². The van der Waals surface area contributed by atoms with Crippen molar-refractivity contribution in [3.8, 4) is 5.69 Å². The second kappa shape index (κ2) is 9.29. The first-order valence-electron chi connectivity index (χ1n) is 9.04. The summed E-state index contributed by atoms with van der Waals surface area (Å²) in [5.41, 5.74) is -0.607. The van der Waals surface area contributed by atoms with E-state index in [1.807, 2.05) is 0 Å². The Morgan fingerprint density at radius 1 is 1.09 bits per heavy atom. The van der Waals surface area contributed by atoms with Gasteiger partial charge in [0, 0.05) is 12.6 Å². The summed E-state index contributed by atoms with van der Waals surface area (Å²) in [5.74, 6) is -2.05. The smallest absolute Gasteiger partial charge is 0.416 e. The molecular formula is C20H16F3N5O4. The molecule has 0 bridgehead atoms. The molecule has 3 aromatic rings. The van der Waals surface area contributed by atoms with E-state index in [1.54, 1.807) is 6.07 Å². The van der Waals surface area contributed by atoms with Gasteiger partial charge >= 0.3 is 12.1 Å². The number of halogens is 3. The summed E-state index contributed by atoms with van der Waals surface area (Å²) < 4.78 is 45.4. The van der Waals surface area contributed by atoms with Gasteiger partial charge < -0.3 is 15.4 Å². The van der Waals surface area contributed by atoms with Crippen LogP contribution in [0.2, 0.25) is 0 Å². The molecule has 0 atom stereocenters. The number of rotatable bonds is 6. The summed E-state index contributed by atoms with van der Waals surface area (Å²) in [6.45, 7) is 0.549. The van der Waals surface area contributed by atoms with E-state index in [9.17, 15) is 27.6 Å². The van der Waals surface area contributed by atoms with Crippen LogP contribution in [0, 0.1) is 0 Å². The standard InChI is InChI=1S/C20H16F3N5O4/c1-12(29)26-15-4-2-3-13(7-15)19(31)32-9-18(30)27-16-8-14(20(21,22)23)5-6-17(16)28-11-24-10-25-28/h2-8,10-11H,9H2,1H3,(H,26,29)(H,27,30). The first-order chi connectivity index (χ1) is 15.1. The number of nitrogens with zero attached hydrogens (tertiary/aromatic N) is 3. The Labute approximate surface area is 179 Å². The lowest BCUT2D eigenvalue weighted by atomic mass is 10.1. The van der Waals surface area contributed by atoms with Crippen LogP contribution >= 0.6 is 0 Å². The van der Waals surface area contributed by atoms with Gasteiger partial charge in [-0.3, -0.25) is 9.59 Å². The highest BCUT2D eigenvalue weighted by atomic mass is 19.4. The Hall–Kier alpha value is -4.22. The van der Waals surface area contributed by atoms with Crippen LogP contribution in [0.5, 0.6) is 0 Å². The molecule has 1 aromatic heterocycles. The van der Waals surface area contributed by atoms with Gasteiger partial charge in [-0.15, -0.1) is 0 Å². The van der Waals surface area contributed by atoms with E-state index in [-0.39, 0.29) is 22.8 Å². The maximum absolute atomic E-state index is 13.1. The molecule has 0 unspecified atom stereocenters. The molecule has 0 fully saturated rings. The molecule has 9 nitrogen and oxygen atoms in total. The fraction of sp³-hybridized carbons (Fsp3) is 0.150. The molecule has 0 saturated heterocycles. The molecule has 2 aromatic carbocycles. The van der Waals surface area contributed by atoms with Crippen molar-refractivity contribution in [2.24, 2.45) is 0 Å². The first-order valence-corrected chi connectivity index (χ1v) is 9.04. The van der Waals surface area contributed by atoms with Gasteiger partial charge in [0.25, 0.3) is 5.91 Å². The normalized spacial score (nSPS) is 11.0. The fourth-order valence-corrected chi connectivity index (χ4v) is 2.67. The molecule has 0 aliphatic carbocycles. The first kappa shape index (κ1) is 22.5. The highest BCUT2D eigenvalue weighted by molar-refractivity contribution is 5.97. The molecule has 166 valence electrons. The topological polar surface area (TPSA) is 115 Å². The number of amides is 2. The summed E-state index contributed by atoms with van der Waals surface area (Å²) in [6, 6.07) is 8.56. The van der Waals surface area contributed by atoms with Crippen molar-refractivity contribution >= 4 is 29.2 Å². The van der Waals surface area contributed by atoms with Crippen molar-refractivity contribution in [1.29, 1.82) is 0 Å². The molecule has 0 aliphatic rings. The van der Waals surface area contributed by atoms with Crippen LogP contribution in [0.25, 0.3) is 5.69 Å². The number of alkyl halides is 3. The van der Waals surface area contributed by atoms with E-state index in [4.69, 9.17) is 4.74 Å². The van der Waals surface area contributed by atoms with Crippen LogP contribution in [0.15, 0.2) is 55.1 Å². The van der Waals surface area contributed by atoms with Gasteiger partial charge in [-0.2, -0.15) is 18.3 Å². The lowest BCUT2D eigenvalue weighted by Crippen LogP contribution is -2.22. The number of carbonyl (C=O) groups excluding carboxylic acids is 3. The third-order valence-corrected chi connectivity index (χ3v) is 4.02. The van der Waals surface area contributed by atoms with Crippen molar-refractivity contribution < 1.29 is 32.3 Å². The van der Waals surface area contributed by atoms with Gasteiger partial charge in [0.2, 0.25) is 5.91 Å². The van der Waals surface area contributed by atoms with Gasteiger partial charge in [-0.25, -0.2) is 14.5 Å². The molecular weight excluding hydrogens is 431 g/mol. The van der Waals surface area contributed by atoms with Crippen LogP contribution in [0.1, 0.15) is 22.8 Å². The van der Waals surface area contributed by atoms with E-state index >= 15 is 0 Å². The third kappa shape index (κ3) is 5.68. The SMILES string of the molecule is CC(=O)Nc1cccc(C(=O)OCC(=O)Nc2cc(C(F)(F)F)ccc2-n2cncn2)c1. The predicted molar refractivity (Wildman–Crippen MR) is 106 cm³/mol. The minimum absolute atomic E-state index is 0.0754. The van der Waals surface area contributed by atoms with Crippen LogP contribution in [-0.4, -0.2) is 39.2 Å². The van der Waals surface area contributed by atoms with Crippen LogP contribution < -0.4 is 10.6 Å². The van der Waals surface area contributed by atoms with E-state index in [0.717, 1.165) is 18.2 Å². The quantitative estimate of drug-likeness (QED) is 0.562. The summed E-state index contributed by atoms with van der Waals surface area (Å²) >= 11 is 0. The largest absolute Gasteiger partial charge is 0.452 e. The Bertz CT molecular complexity index is 1150. The number of nitrogens with one attached hydrogen (secondary N) is 2. The lowest BCUT2D eigenvalue weighted by Gasteiger charge is -2.14. The van der Waals surface area contributed by atoms with Gasteiger partial charge in [0.1, 0.15) is 12.7 Å². The summed E-state index contributed by atoms with van der Waals surface area (Å²) in [4.78, 5) is 39.3. The zero-order chi connectivity index (χ0) is 23.3. The van der Waals surface area contributed by atoms with Crippen molar-refractivity contribution in [3.05, 3.63) is 66.2 Å². The lowest BCUT2D eigenvalue weighted by molar-refractivity contribution is -0.137.